The molecule has 1 amide bonds. The molecule has 0 unspecified atom stereocenters. The highest BCUT2D eigenvalue weighted by atomic mass is 32.2. The van der Waals surface area contributed by atoms with E-state index in [4.69, 9.17) is 4.74 Å². The van der Waals surface area contributed by atoms with Gasteiger partial charge in [-0.2, -0.15) is 0 Å². The van der Waals surface area contributed by atoms with Crippen LogP contribution in [0.1, 0.15) is 12.5 Å². The number of hydrogen-bond acceptors (Lipinski definition) is 4. The van der Waals surface area contributed by atoms with Gasteiger partial charge in [-0.15, -0.1) is 0 Å². The first-order valence-corrected chi connectivity index (χ1v) is 10.3. The molecule has 1 heterocycles. The molecule has 2 aromatic carbocycles. The van der Waals surface area contributed by atoms with Crippen LogP contribution in [0.25, 0.3) is 0 Å². The van der Waals surface area contributed by atoms with Gasteiger partial charge in [-0.3, -0.25) is 9.10 Å². The van der Waals surface area contributed by atoms with Gasteiger partial charge in [0.1, 0.15) is 11.6 Å². The average Bonchev–Trinajstić information content (AvgIpc) is 2.68. The Morgan fingerprint density at radius 3 is 2.63 bits per heavy atom. The Bertz CT molecular complexity index is 916. The van der Waals surface area contributed by atoms with Crippen molar-refractivity contribution in [1.29, 1.82) is 0 Å². The molecule has 8 heteroatoms. The van der Waals surface area contributed by atoms with Crippen LogP contribution in [0.2, 0.25) is 0 Å². The fraction of sp³-hybridized carbons (Fsp3) is 0.316. The summed E-state index contributed by atoms with van der Waals surface area (Å²) in [6.07, 6.45) is -0.402. The van der Waals surface area contributed by atoms with Crippen molar-refractivity contribution >= 4 is 21.6 Å². The van der Waals surface area contributed by atoms with Crippen LogP contribution in [-0.4, -0.2) is 39.3 Å². The Labute approximate surface area is 158 Å². The molecular weight excluding hydrogens is 371 g/mol. The van der Waals surface area contributed by atoms with Crippen molar-refractivity contribution in [2.24, 2.45) is 0 Å². The first-order valence-electron chi connectivity index (χ1n) is 8.69. The van der Waals surface area contributed by atoms with Crippen molar-refractivity contribution in [3.8, 4) is 5.75 Å². The fourth-order valence-corrected chi connectivity index (χ4v) is 3.98. The molecule has 2 aromatic rings. The number of nitrogens with one attached hydrogen (secondary N) is 1. The second kappa shape index (κ2) is 7.96. The van der Waals surface area contributed by atoms with Crippen molar-refractivity contribution in [3.05, 3.63) is 59.9 Å². The molecule has 0 aromatic heterocycles. The van der Waals surface area contributed by atoms with Gasteiger partial charge in [-0.05, 0) is 43.2 Å². The average molecular weight is 392 g/mol. The number of fused-ring (bicyclic) bond motifs is 1. The van der Waals surface area contributed by atoms with Crippen molar-refractivity contribution in [2.45, 2.75) is 19.4 Å². The van der Waals surface area contributed by atoms with Gasteiger partial charge in [-0.1, -0.05) is 24.3 Å². The fourth-order valence-electron chi connectivity index (χ4n) is 2.85. The maximum Gasteiger partial charge on any atom is 0.263 e. The summed E-state index contributed by atoms with van der Waals surface area (Å²) in [7, 11) is -3.53. The number of hydrogen-bond donors (Lipinski definition) is 1. The van der Waals surface area contributed by atoms with Gasteiger partial charge in [-0.25, -0.2) is 12.8 Å². The lowest BCUT2D eigenvalue weighted by Crippen LogP contribution is -2.51. The normalized spacial score (nSPS) is 16.4. The monoisotopic (exact) mass is 392 g/mol. The maximum absolute atomic E-state index is 12.9. The molecule has 0 radical (unpaired) electrons. The molecule has 1 N–H and O–H groups in total. The third kappa shape index (κ3) is 4.39. The first kappa shape index (κ1) is 19.2. The zero-order valence-electron chi connectivity index (χ0n) is 14.9. The lowest BCUT2D eigenvalue weighted by Gasteiger charge is -2.34. The Kier molecular flexibility index (Phi) is 5.65. The van der Waals surface area contributed by atoms with Crippen LogP contribution in [0.4, 0.5) is 10.1 Å². The molecule has 1 aliphatic rings. The zero-order valence-corrected chi connectivity index (χ0v) is 15.7. The number of carbonyl (C=O) groups is 1. The number of amides is 1. The summed E-state index contributed by atoms with van der Waals surface area (Å²) in [6.45, 7) is 1.83. The number of ether oxygens (including phenoxy) is 1. The van der Waals surface area contributed by atoms with Gasteiger partial charge in [0.2, 0.25) is 10.0 Å². The van der Waals surface area contributed by atoms with E-state index in [1.54, 1.807) is 43.3 Å². The Morgan fingerprint density at radius 2 is 1.93 bits per heavy atom. The van der Waals surface area contributed by atoms with Crippen LogP contribution in [0.15, 0.2) is 48.5 Å². The molecule has 1 aliphatic heterocycles. The maximum atomic E-state index is 12.9. The van der Waals surface area contributed by atoms with Crippen molar-refractivity contribution in [3.63, 3.8) is 0 Å². The minimum absolute atomic E-state index is 0.0692. The summed E-state index contributed by atoms with van der Waals surface area (Å²) in [5.74, 6) is -0.406. The van der Waals surface area contributed by atoms with E-state index in [9.17, 15) is 17.6 Å². The SMILES string of the molecule is CCS(=O)(=O)N1C[C@H](C(=O)NCCc2ccc(F)cc2)Oc2ccccc21. The number of nitrogens with zero attached hydrogens (tertiary/aromatic N) is 1. The summed E-state index contributed by atoms with van der Waals surface area (Å²) in [6, 6.07) is 12.8. The molecule has 0 bridgehead atoms. The van der Waals surface area contributed by atoms with Gasteiger partial charge in [0.15, 0.2) is 6.10 Å². The van der Waals surface area contributed by atoms with Crippen molar-refractivity contribution in [2.75, 3.05) is 23.1 Å². The third-order valence-electron chi connectivity index (χ3n) is 4.35. The molecular formula is C19H21FN2O4S. The van der Waals surface area contributed by atoms with Crippen LogP contribution >= 0.6 is 0 Å². The predicted molar refractivity (Wildman–Crippen MR) is 101 cm³/mol. The highest BCUT2D eigenvalue weighted by Crippen LogP contribution is 2.34. The van der Waals surface area contributed by atoms with E-state index >= 15 is 0 Å². The van der Waals surface area contributed by atoms with Crippen molar-refractivity contribution in [1.82, 2.24) is 5.32 Å². The van der Waals surface area contributed by atoms with Crippen LogP contribution in [0.5, 0.6) is 5.75 Å². The zero-order chi connectivity index (χ0) is 19.4. The smallest absolute Gasteiger partial charge is 0.263 e. The molecule has 0 saturated carbocycles. The van der Waals surface area contributed by atoms with E-state index in [1.807, 2.05) is 0 Å². The Morgan fingerprint density at radius 1 is 1.22 bits per heavy atom. The molecule has 1 atom stereocenters. The summed E-state index contributed by atoms with van der Waals surface area (Å²) in [5.41, 5.74) is 1.33. The van der Waals surface area contributed by atoms with Crippen LogP contribution in [0.3, 0.4) is 0 Å². The van der Waals surface area contributed by atoms with E-state index in [0.29, 0.717) is 24.4 Å². The van der Waals surface area contributed by atoms with Gasteiger partial charge >= 0.3 is 0 Å². The van der Waals surface area contributed by atoms with Gasteiger partial charge in [0.25, 0.3) is 5.91 Å². The van der Waals surface area contributed by atoms with Crippen LogP contribution < -0.4 is 14.4 Å². The summed E-state index contributed by atoms with van der Waals surface area (Å²) in [4.78, 5) is 12.5. The topological polar surface area (TPSA) is 75.7 Å². The van der Waals surface area contributed by atoms with Crippen LogP contribution in [-0.2, 0) is 21.2 Å². The molecule has 0 fully saturated rings. The highest BCUT2D eigenvalue weighted by molar-refractivity contribution is 7.92. The standard InChI is InChI=1S/C19H21FN2O4S/c1-2-27(24,25)22-13-18(26-17-6-4-3-5-16(17)22)19(23)21-12-11-14-7-9-15(20)10-8-14/h3-10,18H,2,11-13H2,1H3,(H,21,23)/t18-/m1/s1. The lowest BCUT2D eigenvalue weighted by atomic mass is 10.1. The largest absolute Gasteiger partial charge is 0.476 e. The van der Waals surface area contributed by atoms with Gasteiger partial charge in [0.05, 0.1) is 18.0 Å². The minimum atomic E-state index is -3.53. The minimum Gasteiger partial charge on any atom is -0.476 e. The summed E-state index contributed by atoms with van der Waals surface area (Å²) < 4.78 is 44.7. The molecule has 144 valence electrons. The number of anilines is 1. The molecule has 0 spiro atoms. The van der Waals surface area contributed by atoms with E-state index in [1.165, 1.54) is 16.4 Å². The predicted octanol–water partition coefficient (Wildman–Crippen LogP) is 2.10. The molecule has 27 heavy (non-hydrogen) atoms. The number of sulfonamides is 1. The van der Waals surface area contributed by atoms with E-state index in [0.717, 1.165) is 5.56 Å². The van der Waals surface area contributed by atoms with Gasteiger partial charge in [0, 0.05) is 6.54 Å². The molecule has 0 aliphatic carbocycles. The van der Waals surface area contributed by atoms with Crippen LogP contribution in [0, 0.1) is 5.82 Å². The second-order valence-electron chi connectivity index (χ2n) is 6.17. The second-order valence-corrected chi connectivity index (χ2v) is 8.36. The summed E-state index contributed by atoms with van der Waals surface area (Å²) in [5, 5.41) is 2.76. The number of carbonyl (C=O) groups excluding carboxylic acids is 1. The number of rotatable bonds is 6. The van der Waals surface area contributed by atoms with E-state index < -0.39 is 16.1 Å². The molecule has 6 nitrogen and oxygen atoms in total. The first-order chi connectivity index (χ1) is 12.9. The highest BCUT2D eigenvalue weighted by Gasteiger charge is 2.35. The third-order valence-corrected chi connectivity index (χ3v) is 6.10. The summed E-state index contributed by atoms with van der Waals surface area (Å²) >= 11 is 0. The van der Waals surface area contributed by atoms with E-state index in [-0.39, 0.29) is 24.0 Å². The quantitative estimate of drug-likeness (QED) is 0.817. The lowest BCUT2D eigenvalue weighted by molar-refractivity contribution is -0.127. The van der Waals surface area contributed by atoms with E-state index in [2.05, 4.69) is 5.32 Å². The van der Waals surface area contributed by atoms with Gasteiger partial charge < -0.3 is 10.1 Å². The Balaban J connectivity index is 1.67. The Hall–Kier alpha value is -2.61. The molecule has 0 saturated heterocycles. The molecule has 3 rings (SSSR count). The number of benzene rings is 2. The number of halogens is 1. The number of para-hydroxylation sites is 2. The van der Waals surface area contributed by atoms with Crippen molar-refractivity contribution < 1.29 is 22.3 Å².